The Morgan fingerprint density at radius 2 is 1.63 bits per heavy atom. The Kier molecular flexibility index (Phi) is 7.80. The first kappa shape index (κ1) is 22.7. The van der Waals surface area contributed by atoms with Crippen molar-refractivity contribution in [1.82, 2.24) is 10.6 Å². The lowest BCUT2D eigenvalue weighted by Gasteiger charge is -2.23. The van der Waals surface area contributed by atoms with Crippen LogP contribution in [0.2, 0.25) is 0 Å². The second-order valence-corrected chi connectivity index (χ2v) is 7.53. The number of ether oxygens (including phenoxy) is 2. The Balaban J connectivity index is 1.98. The van der Waals surface area contributed by atoms with Crippen molar-refractivity contribution in [2.45, 2.75) is 39.0 Å². The SMILES string of the molecule is CC(C)(C)OC(=O)N[C@H](C(=O)NCC(=O)OCc1ccccc1)c1ccc(O)cc1. The van der Waals surface area contributed by atoms with E-state index in [0.717, 1.165) is 5.56 Å². The molecule has 0 saturated heterocycles. The number of phenols is 1. The molecule has 3 N–H and O–H groups in total. The molecule has 0 radical (unpaired) electrons. The van der Waals surface area contributed by atoms with Crippen LogP contribution in [-0.4, -0.2) is 35.2 Å². The van der Waals surface area contributed by atoms with E-state index in [2.05, 4.69) is 10.6 Å². The Morgan fingerprint density at radius 1 is 1.00 bits per heavy atom. The molecule has 0 heterocycles. The van der Waals surface area contributed by atoms with Crippen LogP contribution in [0.1, 0.15) is 37.9 Å². The fraction of sp³-hybridized carbons (Fsp3) is 0.318. The second-order valence-electron chi connectivity index (χ2n) is 7.53. The first-order valence-electron chi connectivity index (χ1n) is 9.40. The number of amides is 2. The van der Waals surface area contributed by atoms with Crippen molar-refractivity contribution in [3.05, 3.63) is 65.7 Å². The minimum Gasteiger partial charge on any atom is -0.508 e. The molecule has 0 spiro atoms. The van der Waals surface area contributed by atoms with Gasteiger partial charge in [0, 0.05) is 0 Å². The average molecular weight is 414 g/mol. The number of rotatable bonds is 7. The monoisotopic (exact) mass is 414 g/mol. The predicted octanol–water partition coefficient (Wildman–Crippen LogP) is 2.82. The van der Waals surface area contributed by atoms with Crippen LogP contribution in [0.25, 0.3) is 0 Å². The molecule has 0 aliphatic rings. The van der Waals surface area contributed by atoms with Crippen LogP contribution >= 0.6 is 0 Å². The summed E-state index contributed by atoms with van der Waals surface area (Å²) in [5.41, 5.74) is 0.487. The van der Waals surface area contributed by atoms with E-state index in [1.165, 1.54) is 24.3 Å². The van der Waals surface area contributed by atoms with Gasteiger partial charge >= 0.3 is 12.1 Å². The van der Waals surface area contributed by atoms with Gasteiger partial charge in [0.2, 0.25) is 5.91 Å². The van der Waals surface area contributed by atoms with Gasteiger partial charge in [0.25, 0.3) is 0 Å². The van der Waals surface area contributed by atoms with Gasteiger partial charge in [-0.1, -0.05) is 42.5 Å². The fourth-order valence-corrected chi connectivity index (χ4v) is 2.44. The number of hydrogen-bond donors (Lipinski definition) is 3. The summed E-state index contributed by atoms with van der Waals surface area (Å²) in [6.07, 6.45) is -0.789. The molecule has 0 aromatic heterocycles. The molecule has 1 atom stereocenters. The number of esters is 1. The largest absolute Gasteiger partial charge is 0.508 e. The maximum absolute atomic E-state index is 12.7. The molecular formula is C22H26N2O6. The third-order valence-electron chi connectivity index (χ3n) is 3.80. The molecule has 0 fully saturated rings. The summed E-state index contributed by atoms with van der Waals surface area (Å²) in [5, 5.41) is 14.4. The van der Waals surface area contributed by atoms with Gasteiger partial charge in [0.15, 0.2) is 0 Å². The van der Waals surface area contributed by atoms with Gasteiger partial charge in [-0.2, -0.15) is 0 Å². The van der Waals surface area contributed by atoms with Gasteiger partial charge in [-0.3, -0.25) is 9.59 Å². The molecule has 2 aromatic carbocycles. The zero-order valence-corrected chi connectivity index (χ0v) is 17.2. The van der Waals surface area contributed by atoms with E-state index in [9.17, 15) is 19.5 Å². The van der Waals surface area contributed by atoms with Gasteiger partial charge < -0.3 is 25.2 Å². The number of benzene rings is 2. The Morgan fingerprint density at radius 3 is 2.23 bits per heavy atom. The van der Waals surface area contributed by atoms with E-state index < -0.39 is 29.6 Å². The van der Waals surface area contributed by atoms with Gasteiger partial charge in [0.1, 0.15) is 30.5 Å². The molecule has 0 unspecified atom stereocenters. The minimum atomic E-state index is -1.12. The van der Waals surface area contributed by atoms with E-state index in [0.29, 0.717) is 5.56 Å². The zero-order chi connectivity index (χ0) is 22.1. The quantitative estimate of drug-likeness (QED) is 0.601. The van der Waals surface area contributed by atoms with Crippen LogP contribution in [0.4, 0.5) is 4.79 Å². The van der Waals surface area contributed by atoms with E-state index in [-0.39, 0.29) is 18.9 Å². The number of nitrogens with one attached hydrogen (secondary N) is 2. The third-order valence-corrected chi connectivity index (χ3v) is 3.80. The molecular weight excluding hydrogens is 388 g/mol. The van der Waals surface area contributed by atoms with E-state index in [4.69, 9.17) is 9.47 Å². The van der Waals surface area contributed by atoms with Gasteiger partial charge in [0.05, 0.1) is 0 Å². The normalized spacial score (nSPS) is 11.8. The van der Waals surface area contributed by atoms with Crippen molar-refractivity contribution < 1.29 is 29.0 Å². The van der Waals surface area contributed by atoms with Crippen LogP contribution in [0.3, 0.4) is 0 Å². The van der Waals surface area contributed by atoms with Crippen LogP contribution < -0.4 is 10.6 Å². The van der Waals surface area contributed by atoms with Crippen molar-refractivity contribution in [2.75, 3.05) is 6.54 Å². The molecule has 0 aliphatic carbocycles. The summed E-state index contributed by atoms with van der Waals surface area (Å²) in [4.78, 5) is 36.8. The van der Waals surface area contributed by atoms with Crippen molar-refractivity contribution >= 4 is 18.0 Å². The predicted molar refractivity (Wildman–Crippen MR) is 109 cm³/mol. The number of phenolic OH excluding ortho intramolecular Hbond substituents is 1. The third kappa shape index (κ3) is 7.83. The first-order chi connectivity index (χ1) is 14.1. The van der Waals surface area contributed by atoms with Crippen LogP contribution in [0, 0.1) is 0 Å². The molecule has 0 aliphatic heterocycles. The summed E-state index contributed by atoms with van der Waals surface area (Å²) >= 11 is 0. The Hall–Kier alpha value is -3.55. The van der Waals surface area contributed by atoms with E-state index in [1.807, 2.05) is 30.3 Å². The van der Waals surface area contributed by atoms with Crippen LogP contribution in [-0.2, 0) is 25.7 Å². The molecule has 2 aromatic rings. The lowest BCUT2D eigenvalue weighted by molar-refractivity contribution is -0.145. The molecule has 160 valence electrons. The highest BCUT2D eigenvalue weighted by Crippen LogP contribution is 2.18. The Bertz CT molecular complexity index is 859. The van der Waals surface area contributed by atoms with E-state index >= 15 is 0 Å². The number of carbonyl (C=O) groups excluding carboxylic acids is 3. The summed E-state index contributed by atoms with van der Waals surface area (Å²) < 4.78 is 10.3. The molecule has 2 rings (SSSR count). The summed E-state index contributed by atoms with van der Waals surface area (Å²) in [6.45, 7) is 4.82. The molecule has 30 heavy (non-hydrogen) atoms. The zero-order valence-electron chi connectivity index (χ0n) is 17.2. The Labute approximate surface area is 175 Å². The maximum atomic E-state index is 12.7. The number of alkyl carbamates (subject to hydrolysis) is 1. The first-order valence-corrected chi connectivity index (χ1v) is 9.40. The van der Waals surface area contributed by atoms with Crippen LogP contribution in [0.15, 0.2) is 54.6 Å². The summed E-state index contributed by atoms with van der Waals surface area (Å²) in [5.74, 6) is -1.23. The van der Waals surface area contributed by atoms with Crippen LogP contribution in [0.5, 0.6) is 5.75 Å². The molecule has 8 nitrogen and oxygen atoms in total. The summed E-state index contributed by atoms with van der Waals surface area (Å²) in [7, 11) is 0. The second kappa shape index (κ2) is 10.3. The van der Waals surface area contributed by atoms with Crippen molar-refractivity contribution in [3.63, 3.8) is 0 Å². The number of carbonyl (C=O) groups is 3. The molecule has 0 bridgehead atoms. The molecule has 2 amide bonds. The highest BCUT2D eigenvalue weighted by atomic mass is 16.6. The van der Waals surface area contributed by atoms with Crippen molar-refractivity contribution in [2.24, 2.45) is 0 Å². The van der Waals surface area contributed by atoms with Crippen molar-refractivity contribution in [1.29, 1.82) is 0 Å². The van der Waals surface area contributed by atoms with Gasteiger partial charge in [-0.15, -0.1) is 0 Å². The standard InChI is InChI=1S/C22H26N2O6/c1-22(2,3)30-21(28)24-19(16-9-11-17(25)12-10-16)20(27)23-13-18(26)29-14-15-7-5-4-6-8-15/h4-12,19,25H,13-14H2,1-3H3,(H,23,27)(H,24,28)/t19-/m0/s1. The van der Waals surface area contributed by atoms with E-state index in [1.54, 1.807) is 20.8 Å². The maximum Gasteiger partial charge on any atom is 0.408 e. The topological polar surface area (TPSA) is 114 Å². The smallest absolute Gasteiger partial charge is 0.408 e. The van der Waals surface area contributed by atoms with Gasteiger partial charge in [-0.25, -0.2) is 4.79 Å². The number of hydrogen-bond acceptors (Lipinski definition) is 6. The minimum absolute atomic E-state index is 0.0136. The lowest BCUT2D eigenvalue weighted by Crippen LogP contribution is -2.43. The highest BCUT2D eigenvalue weighted by Gasteiger charge is 2.26. The molecule has 8 heteroatoms. The van der Waals surface area contributed by atoms with Gasteiger partial charge in [-0.05, 0) is 44.0 Å². The fourth-order valence-electron chi connectivity index (χ4n) is 2.44. The molecule has 0 saturated carbocycles. The number of aromatic hydroxyl groups is 1. The van der Waals surface area contributed by atoms with Crippen molar-refractivity contribution in [3.8, 4) is 5.75 Å². The lowest BCUT2D eigenvalue weighted by atomic mass is 10.1. The highest BCUT2D eigenvalue weighted by molar-refractivity contribution is 5.89. The summed E-state index contributed by atoms with van der Waals surface area (Å²) in [6, 6.07) is 13.8. The average Bonchev–Trinajstić information content (AvgIpc) is 2.69.